The van der Waals surface area contributed by atoms with Crippen molar-refractivity contribution >= 4 is 29.9 Å². The molecule has 0 saturated carbocycles. The van der Waals surface area contributed by atoms with Gasteiger partial charge >= 0.3 is 0 Å². The number of nitrogens with one attached hydrogen (secondary N) is 1. The number of ether oxygens (including phenoxy) is 1. The fraction of sp³-hybridized carbons (Fsp3) is 0.667. The SMILES string of the molecule is CCNC(=NCC1(c2ccc(F)cc2)CCOCC1)N1CCCC(C)C1.I. The molecule has 4 nitrogen and oxygen atoms in total. The number of aliphatic imine (C=N–C) groups is 1. The van der Waals surface area contributed by atoms with Crippen molar-refractivity contribution in [1.82, 2.24) is 10.2 Å². The van der Waals surface area contributed by atoms with E-state index in [4.69, 9.17) is 9.73 Å². The molecule has 2 fully saturated rings. The molecule has 1 N–H and O–H groups in total. The summed E-state index contributed by atoms with van der Waals surface area (Å²) in [7, 11) is 0. The lowest BCUT2D eigenvalue weighted by atomic mass is 9.74. The third kappa shape index (κ3) is 5.79. The zero-order valence-electron chi connectivity index (χ0n) is 16.5. The topological polar surface area (TPSA) is 36.9 Å². The number of halogens is 2. The van der Waals surface area contributed by atoms with Crippen LogP contribution >= 0.6 is 24.0 Å². The molecule has 2 heterocycles. The van der Waals surface area contributed by atoms with Crippen molar-refractivity contribution < 1.29 is 9.13 Å². The van der Waals surface area contributed by atoms with Crippen LogP contribution in [0, 0.1) is 11.7 Å². The van der Waals surface area contributed by atoms with E-state index in [1.807, 2.05) is 12.1 Å². The van der Waals surface area contributed by atoms with Crippen molar-refractivity contribution in [3.05, 3.63) is 35.6 Å². The van der Waals surface area contributed by atoms with Gasteiger partial charge in [0.15, 0.2) is 5.96 Å². The molecule has 152 valence electrons. The third-order valence-electron chi connectivity index (χ3n) is 5.73. The first-order chi connectivity index (χ1) is 12.6. The lowest BCUT2D eigenvalue weighted by Crippen LogP contribution is -2.47. The van der Waals surface area contributed by atoms with Crippen molar-refractivity contribution in [3.63, 3.8) is 0 Å². The van der Waals surface area contributed by atoms with Gasteiger partial charge in [0.2, 0.25) is 0 Å². The Balaban J connectivity index is 0.00000261. The number of likely N-dealkylation sites (tertiary alicyclic amines) is 1. The summed E-state index contributed by atoms with van der Waals surface area (Å²) in [5.41, 5.74) is 1.11. The van der Waals surface area contributed by atoms with Crippen LogP contribution in [0.1, 0.15) is 45.1 Å². The van der Waals surface area contributed by atoms with Crippen LogP contribution in [0.5, 0.6) is 0 Å². The van der Waals surface area contributed by atoms with E-state index in [1.165, 1.54) is 18.4 Å². The average molecular weight is 489 g/mol. The zero-order chi connectivity index (χ0) is 18.4. The third-order valence-corrected chi connectivity index (χ3v) is 5.73. The predicted molar refractivity (Wildman–Crippen MR) is 119 cm³/mol. The number of nitrogens with zero attached hydrogens (tertiary/aromatic N) is 2. The van der Waals surface area contributed by atoms with Crippen LogP contribution in [0.3, 0.4) is 0 Å². The highest BCUT2D eigenvalue weighted by atomic mass is 127. The highest BCUT2D eigenvalue weighted by Crippen LogP contribution is 2.35. The van der Waals surface area contributed by atoms with Crippen LogP contribution in [-0.2, 0) is 10.2 Å². The summed E-state index contributed by atoms with van der Waals surface area (Å²) in [6.45, 7) is 9.64. The van der Waals surface area contributed by atoms with Gasteiger partial charge in [-0.15, -0.1) is 24.0 Å². The summed E-state index contributed by atoms with van der Waals surface area (Å²) >= 11 is 0. The maximum absolute atomic E-state index is 13.4. The molecule has 1 atom stereocenters. The Morgan fingerprint density at radius 1 is 1.30 bits per heavy atom. The van der Waals surface area contributed by atoms with Gasteiger partial charge in [-0.05, 0) is 56.2 Å². The highest BCUT2D eigenvalue weighted by Gasteiger charge is 2.35. The van der Waals surface area contributed by atoms with E-state index in [2.05, 4.69) is 24.1 Å². The molecule has 2 aliphatic rings. The molecule has 1 unspecified atom stereocenters. The Hall–Kier alpha value is -0.890. The second kappa shape index (κ2) is 10.6. The molecular formula is C21H33FIN3O. The first-order valence-electron chi connectivity index (χ1n) is 10.00. The zero-order valence-corrected chi connectivity index (χ0v) is 18.9. The molecule has 1 aromatic carbocycles. The Labute approximate surface area is 180 Å². The average Bonchev–Trinajstić information content (AvgIpc) is 2.66. The van der Waals surface area contributed by atoms with Gasteiger partial charge in [-0.2, -0.15) is 0 Å². The van der Waals surface area contributed by atoms with E-state index in [-0.39, 0.29) is 35.2 Å². The molecule has 1 aromatic rings. The van der Waals surface area contributed by atoms with Crippen molar-refractivity contribution in [2.75, 3.05) is 39.4 Å². The summed E-state index contributed by atoms with van der Waals surface area (Å²) in [5.74, 6) is 1.55. The summed E-state index contributed by atoms with van der Waals surface area (Å²) in [4.78, 5) is 7.45. The summed E-state index contributed by atoms with van der Waals surface area (Å²) in [5, 5.41) is 3.47. The van der Waals surface area contributed by atoms with Crippen molar-refractivity contribution in [1.29, 1.82) is 0 Å². The number of benzene rings is 1. The number of guanidine groups is 1. The lowest BCUT2D eigenvalue weighted by Gasteiger charge is -2.38. The van der Waals surface area contributed by atoms with Gasteiger partial charge in [0.25, 0.3) is 0 Å². The lowest BCUT2D eigenvalue weighted by molar-refractivity contribution is 0.0529. The van der Waals surface area contributed by atoms with Crippen molar-refractivity contribution in [2.24, 2.45) is 10.9 Å². The molecular weight excluding hydrogens is 456 g/mol. The smallest absolute Gasteiger partial charge is 0.193 e. The quantitative estimate of drug-likeness (QED) is 0.392. The second-order valence-electron chi connectivity index (χ2n) is 7.76. The van der Waals surface area contributed by atoms with Crippen molar-refractivity contribution in [2.45, 2.75) is 44.9 Å². The van der Waals surface area contributed by atoms with Gasteiger partial charge in [-0.25, -0.2) is 4.39 Å². The van der Waals surface area contributed by atoms with Crippen LogP contribution in [0.15, 0.2) is 29.3 Å². The normalized spacial score (nSPS) is 22.9. The van der Waals surface area contributed by atoms with E-state index in [0.717, 1.165) is 58.2 Å². The first-order valence-corrected chi connectivity index (χ1v) is 10.00. The Morgan fingerprint density at radius 3 is 2.63 bits per heavy atom. The molecule has 0 amide bonds. The minimum absolute atomic E-state index is 0. The summed E-state index contributed by atoms with van der Waals surface area (Å²) in [6.07, 6.45) is 4.38. The standard InChI is InChI=1S/C21H32FN3O.HI/c1-3-23-20(25-12-4-5-17(2)15-25)24-16-21(10-13-26-14-11-21)18-6-8-19(22)9-7-18;/h6-9,17H,3-5,10-16H2,1-2H3,(H,23,24);1H. The fourth-order valence-electron chi connectivity index (χ4n) is 4.14. The van der Waals surface area contributed by atoms with Crippen LogP contribution < -0.4 is 5.32 Å². The minimum atomic E-state index is -0.185. The number of rotatable bonds is 4. The molecule has 2 saturated heterocycles. The maximum atomic E-state index is 13.4. The molecule has 0 aliphatic carbocycles. The maximum Gasteiger partial charge on any atom is 0.193 e. The second-order valence-corrected chi connectivity index (χ2v) is 7.76. The van der Waals surface area contributed by atoms with E-state index < -0.39 is 0 Å². The first kappa shape index (κ1) is 22.4. The molecule has 0 aromatic heterocycles. The van der Waals surface area contributed by atoms with Gasteiger partial charge in [0.05, 0.1) is 6.54 Å². The number of piperidine rings is 1. The minimum Gasteiger partial charge on any atom is -0.381 e. The van der Waals surface area contributed by atoms with Crippen LogP contribution in [0.4, 0.5) is 4.39 Å². The largest absolute Gasteiger partial charge is 0.381 e. The molecule has 6 heteroatoms. The molecule has 27 heavy (non-hydrogen) atoms. The van der Waals surface area contributed by atoms with Crippen molar-refractivity contribution in [3.8, 4) is 0 Å². The fourth-order valence-corrected chi connectivity index (χ4v) is 4.14. The van der Waals surface area contributed by atoms with Gasteiger partial charge in [-0.1, -0.05) is 19.1 Å². The molecule has 2 aliphatic heterocycles. The molecule has 0 spiro atoms. The van der Waals surface area contributed by atoms with Gasteiger partial charge in [0, 0.05) is 38.3 Å². The molecule has 0 radical (unpaired) electrons. The van der Waals surface area contributed by atoms with Gasteiger partial charge < -0.3 is 15.0 Å². The Kier molecular flexibility index (Phi) is 8.79. The Bertz CT molecular complexity index is 602. The van der Waals surface area contributed by atoms with Gasteiger partial charge in [0.1, 0.15) is 5.82 Å². The molecule has 0 bridgehead atoms. The van der Waals surface area contributed by atoms with E-state index in [1.54, 1.807) is 12.1 Å². The van der Waals surface area contributed by atoms with Crippen LogP contribution in [-0.4, -0.2) is 50.3 Å². The predicted octanol–water partition coefficient (Wildman–Crippen LogP) is 4.19. The van der Waals surface area contributed by atoms with E-state index >= 15 is 0 Å². The molecule has 3 rings (SSSR count). The summed E-state index contributed by atoms with van der Waals surface area (Å²) in [6, 6.07) is 6.97. The van der Waals surface area contributed by atoms with Crippen LogP contribution in [0.25, 0.3) is 0 Å². The van der Waals surface area contributed by atoms with Crippen LogP contribution in [0.2, 0.25) is 0 Å². The Morgan fingerprint density at radius 2 is 2.00 bits per heavy atom. The number of hydrogen-bond donors (Lipinski definition) is 1. The van der Waals surface area contributed by atoms with Gasteiger partial charge in [-0.3, -0.25) is 4.99 Å². The highest BCUT2D eigenvalue weighted by molar-refractivity contribution is 14.0. The van der Waals surface area contributed by atoms with E-state index in [0.29, 0.717) is 5.92 Å². The van der Waals surface area contributed by atoms with E-state index in [9.17, 15) is 4.39 Å². The summed E-state index contributed by atoms with van der Waals surface area (Å²) < 4.78 is 19.0. The number of hydrogen-bond acceptors (Lipinski definition) is 2. The monoisotopic (exact) mass is 489 g/mol.